The lowest BCUT2D eigenvalue weighted by Gasteiger charge is -2.12. The summed E-state index contributed by atoms with van der Waals surface area (Å²) in [6.07, 6.45) is 1.83. The quantitative estimate of drug-likeness (QED) is 0.654. The van der Waals surface area contributed by atoms with Crippen molar-refractivity contribution in [1.29, 1.82) is 5.26 Å². The van der Waals surface area contributed by atoms with E-state index in [0.717, 1.165) is 5.56 Å². The highest BCUT2D eigenvalue weighted by Crippen LogP contribution is 2.14. The van der Waals surface area contributed by atoms with Gasteiger partial charge in [0, 0.05) is 16.8 Å². The molecule has 1 N–H and O–H groups in total. The van der Waals surface area contributed by atoms with Gasteiger partial charge in [-0.2, -0.15) is 5.26 Å². The summed E-state index contributed by atoms with van der Waals surface area (Å²) in [5, 5.41) is 11.9. The van der Waals surface area contributed by atoms with Crippen molar-refractivity contribution in [3.8, 4) is 6.07 Å². The van der Waals surface area contributed by atoms with Gasteiger partial charge < -0.3 is 10.1 Å². The van der Waals surface area contributed by atoms with Crippen LogP contribution in [0.2, 0.25) is 5.02 Å². The first-order valence-electron chi connectivity index (χ1n) is 7.43. The van der Waals surface area contributed by atoms with Gasteiger partial charge >= 0.3 is 5.97 Å². The van der Waals surface area contributed by atoms with Gasteiger partial charge in [0.2, 0.25) is 0 Å². The van der Waals surface area contributed by atoms with Crippen LogP contribution in [0.25, 0.3) is 6.08 Å². The van der Waals surface area contributed by atoms with Crippen LogP contribution >= 0.6 is 11.6 Å². The predicted molar refractivity (Wildman–Crippen MR) is 95.8 cm³/mol. The average Bonchev–Trinajstić information content (AvgIpc) is 2.62. The van der Waals surface area contributed by atoms with E-state index in [-0.39, 0.29) is 0 Å². The maximum Gasteiger partial charge on any atom is 0.331 e. The standard InChI is InChI=1S/C19H15ClN2O3/c1-13(19(24)22-17-9-7-16(20)8-10-17)25-18(23)11-6-14-2-4-15(12-21)5-3-14/h2-11,13H,1H3,(H,22,24)/b11-6+/t13-/m1/s1. The van der Waals surface area contributed by atoms with Gasteiger partial charge in [-0.05, 0) is 55.0 Å². The maximum atomic E-state index is 12.0. The molecule has 0 aliphatic carbocycles. The second kappa shape index (κ2) is 8.67. The number of carbonyl (C=O) groups excluding carboxylic acids is 2. The van der Waals surface area contributed by atoms with Crippen molar-refractivity contribution in [1.82, 2.24) is 0 Å². The molecule has 2 aromatic carbocycles. The Hall–Kier alpha value is -3.10. The molecule has 0 aliphatic heterocycles. The lowest BCUT2D eigenvalue weighted by molar-refractivity contribution is -0.148. The Kier molecular flexibility index (Phi) is 6.33. The van der Waals surface area contributed by atoms with E-state index in [1.165, 1.54) is 13.0 Å². The van der Waals surface area contributed by atoms with Crippen LogP contribution in [0.15, 0.2) is 54.6 Å². The van der Waals surface area contributed by atoms with Crippen molar-refractivity contribution in [2.75, 3.05) is 5.32 Å². The first kappa shape index (κ1) is 18.2. The molecule has 6 heteroatoms. The maximum absolute atomic E-state index is 12.0. The molecule has 126 valence electrons. The van der Waals surface area contributed by atoms with Crippen LogP contribution in [-0.2, 0) is 14.3 Å². The number of halogens is 1. The Morgan fingerprint density at radius 1 is 1.16 bits per heavy atom. The number of rotatable bonds is 5. The number of nitriles is 1. The lowest BCUT2D eigenvalue weighted by atomic mass is 10.1. The van der Waals surface area contributed by atoms with Gasteiger partial charge in [0.05, 0.1) is 11.6 Å². The summed E-state index contributed by atoms with van der Waals surface area (Å²) >= 11 is 5.78. The van der Waals surface area contributed by atoms with E-state index in [1.807, 2.05) is 6.07 Å². The Morgan fingerprint density at radius 3 is 2.40 bits per heavy atom. The smallest absolute Gasteiger partial charge is 0.331 e. The Labute approximate surface area is 150 Å². The van der Waals surface area contributed by atoms with E-state index in [1.54, 1.807) is 54.6 Å². The van der Waals surface area contributed by atoms with Gasteiger partial charge in [0.15, 0.2) is 6.10 Å². The molecule has 2 aromatic rings. The molecule has 0 spiro atoms. The lowest BCUT2D eigenvalue weighted by Crippen LogP contribution is -2.29. The third kappa shape index (κ3) is 5.79. The second-order valence-corrected chi connectivity index (χ2v) is 5.58. The van der Waals surface area contributed by atoms with Gasteiger partial charge in [-0.25, -0.2) is 4.79 Å². The number of hydrogen-bond donors (Lipinski definition) is 1. The number of anilines is 1. The van der Waals surface area contributed by atoms with Gasteiger partial charge in [-0.15, -0.1) is 0 Å². The number of benzene rings is 2. The number of nitrogens with zero attached hydrogens (tertiary/aromatic N) is 1. The first-order valence-corrected chi connectivity index (χ1v) is 7.81. The predicted octanol–water partition coefficient (Wildman–Crippen LogP) is 3.80. The number of amides is 1. The van der Waals surface area contributed by atoms with E-state index < -0.39 is 18.0 Å². The van der Waals surface area contributed by atoms with E-state index in [9.17, 15) is 9.59 Å². The fourth-order valence-corrected chi connectivity index (χ4v) is 2.00. The molecule has 0 saturated carbocycles. The molecule has 0 aromatic heterocycles. The summed E-state index contributed by atoms with van der Waals surface area (Å²) in [5.41, 5.74) is 1.84. The van der Waals surface area contributed by atoms with Gasteiger partial charge in [0.25, 0.3) is 5.91 Å². The summed E-state index contributed by atoms with van der Waals surface area (Å²) in [4.78, 5) is 23.8. The average molecular weight is 355 g/mol. The molecule has 0 aliphatic rings. The van der Waals surface area contributed by atoms with Crippen molar-refractivity contribution in [2.45, 2.75) is 13.0 Å². The Balaban J connectivity index is 1.87. The highest BCUT2D eigenvalue weighted by molar-refractivity contribution is 6.30. The zero-order chi connectivity index (χ0) is 18.2. The molecule has 1 amide bonds. The molecular weight excluding hydrogens is 340 g/mol. The summed E-state index contributed by atoms with van der Waals surface area (Å²) in [6.45, 7) is 1.48. The minimum absolute atomic E-state index is 0.442. The summed E-state index contributed by atoms with van der Waals surface area (Å²) in [5.74, 6) is -1.08. The van der Waals surface area contributed by atoms with E-state index in [0.29, 0.717) is 16.3 Å². The third-order valence-corrected chi connectivity index (χ3v) is 3.48. The number of ether oxygens (including phenoxy) is 1. The molecular formula is C19H15ClN2O3. The van der Waals surface area contributed by atoms with Crippen LogP contribution in [0.5, 0.6) is 0 Å². The fraction of sp³-hybridized carbons (Fsp3) is 0.105. The summed E-state index contributed by atoms with van der Waals surface area (Å²) < 4.78 is 5.06. The fourth-order valence-electron chi connectivity index (χ4n) is 1.88. The molecule has 0 radical (unpaired) electrons. The molecule has 2 rings (SSSR count). The van der Waals surface area contributed by atoms with Crippen LogP contribution < -0.4 is 5.32 Å². The molecule has 0 saturated heterocycles. The van der Waals surface area contributed by atoms with E-state index in [2.05, 4.69) is 5.32 Å². The van der Waals surface area contributed by atoms with Crippen molar-refractivity contribution < 1.29 is 14.3 Å². The van der Waals surface area contributed by atoms with Crippen LogP contribution in [0, 0.1) is 11.3 Å². The zero-order valence-electron chi connectivity index (χ0n) is 13.4. The highest BCUT2D eigenvalue weighted by Gasteiger charge is 2.16. The molecule has 5 nitrogen and oxygen atoms in total. The topological polar surface area (TPSA) is 79.2 Å². The highest BCUT2D eigenvalue weighted by atomic mass is 35.5. The largest absolute Gasteiger partial charge is 0.449 e. The third-order valence-electron chi connectivity index (χ3n) is 3.23. The Morgan fingerprint density at radius 2 is 1.80 bits per heavy atom. The van der Waals surface area contributed by atoms with Crippen LogP contribution in [0.4, 0.5) is 5.69 Å². The zero-order valence-corrected chi connectivity index (χ0v) is 14.2. The molecule has 1 atom stereocenters. The van der Waals surface area contributed by atoms with E-state index in [4.69, 9.17) is 21.6 Å². The van der Waals surface area contributed by atoms with Crippen LogP contribution in [0.3, 0.4) is 0 Å². The monoisotopic (exact) mass is 354 g/mol. The first-order chi connectivity index (χ1) is 12.0. The molecule has 0 bridgehead atoms. The van der Waals surface area contributed by atoms with Crippen LogP contribution in [0.1, 0.15) is 18.1 Å². The number of carbonyl (C=O) groups is 2. The van der Waals surface area contributed by atoms with E-state index >= 15 is 0 Å². The second-order valence-electron chi connectivity index (χ2n) is 5.14. The number of hydrogen-bond acceptors (Lipinski definition) is 4. The number of nitrogens with one attached hydrogen (secondary N) is 1. The minimum atomic E-state index is -0.950. The summed E-state index contributed by atoms with van der Waals surface area (Å²) in [7, 11) is 0. The Bertz CT molecular complexity index is 821. The van der Waals surface area contributed by atoms with Gasteiger partial charge in [0.1, 0.15) is 0 Å². The SMILES string of the molecule is C[C@@H](OC(=O)/C=C/c1ccc(C#N)cc1)C(=O)Nc1ccc(Cl)cc1. The van der Waals surface area contributed by atoms with Gasteiger partial charge in [-0.1, -0.05) is 23.7 Å². The molecule has 0 fully saturated rings. The normalized spacial score (nSPS) is 11.6. The van der Waals surface area contributed by atoms with Crippen molar-refractivity contribution in [2.24, 2.45) is 0 Å². The van der Waals surface area contributed by atoms with Gasteiger partial charge in [-0.3, -0.25) is 4.79 Å². The molecule has 0 heterocycles. The van der Waals surface area contributed by atoms with Crippen molar-refractivity contribution in [3.05, 3.63) is 70.8 Å². The van der Waals surface area contributed by atoms with Crippen molar-refractivity contribution >= 4 is 35.2 Å². The molecule has 25 heavy (non-hydrogen) atoms. The molecule has 0 unspecified atom stereocenters. The van der Waals surface area contributed by atoms with Crippen LogP contribution in [-0.4, -0.2) is 18.0 Å². The van der Waals surface area contributed by atoms with Crippen molar-refractivity contribution in [3.63, 3.8) is 0 Å². The number of esters is 1. The minimum Gasteiger partial charge on any atom is -0.449 e. The summed E-state index contributed by atoms with van der Waals surface area (Å²) in [6, 6.07) is 15.3.